The van der Waals surface area contributed by atoms with Gasteiger partial charge in [0.15, 0.2) is 6.10 Å². The Labute approximate surface area is 155 Å². The number of esters is 1. The summed E-state index contributed by atoms with van der Waals surface area (Å²) < 4.78 is 16.1. The van der Waals surface area contributed by atoms with Gasteiger partial charge >= 0.3 is 5.97 Å². The molecule has 0 N–H and O–H groups in total. The van der Waals surface area contributed by atoms with Crippen LogP contribution in [0.3, 0.4) is 0 Å². The first-order valence-electron chi connectivity index (χ1n) is 8.15. The van der Waals surface area contributed by atoms with Crippen molar-refractivity contribution < 1.29 is 18.7 Å². The lowest BCUT2D eigenvalue weighted by atomic mass is 10.1. The molecule has 0 fully saturated rings. The molecule has 3 rings (SSSR count). The number of rotatable bonds is 5. The predicted octanol–water partition coefficient (Wildman–Crippen LogP) is 4.44. The van der Waals surface area contributed by atoms with Crippen LogP contribution < -0.4 is 10.2 Å². The van der Waals surface area contributed by atoms with E-state index in [1.807, 2.05) is 0 Å². The van der Waals surface area contributed by atoms with Crippen LogP contribution in [0.15, 0.2) is 57.9 Å². The van der Waals surface area contributed by atoms with Gasteiger partial charge in [-0.2, -0.15) is 0 Å². The number of carbonyl (C=O) groups is 1. The maximum absolute atomic E-state index is 12.8. The molecule has 6 heteroatoms. The van der Waals surface area contributed by atoms with Gasteiger partial charge in [0.1, 0.15) is 17.6 Å². The molecule has 0 amide bonds. The molecule has 0 spiro atoms. The van der Waals surface area contributed by atoms with Crippen LogP contribution in [0.5, 0.6) is 5.75 Å². The summed E-state index contributed by atoms with van der Waals surface area (Å²) in [6.07, 6.45) is 0.617. The molecule has 2 aromatic carbocycles. The molecule has 1 atom stereocenters. The number of hydrogen-bond acceptors (Lipinski definition) is 5. The van der Waals surface area contributed by atoms with Gasteiger partial charge in [-0.3, -0.25) is 4.79 Å². The molecular formula is C20H17ClO5. The van der Waals surface area contributed by atoms with Crippen LogP contribution in [-0.4, -0.2) is 18.7 Å². The van der Waals surface area contributed by atoms with Gasteiger partial charge in [-0.05, 0) is 32.0 Å². The van der Waals surface area contributed by atoms with Gasteiger partial charge < -0.3 is 13.9 Å². The Balaban J connectivity index is 1.96. The highest BCUT2D eigenvalue weighted by Crippen LogP contribution is 2.28. The highest BCUT2D eigenvalue weighted by atomic mass is 35.5. The molecular weight excluding hydrogens is 356 g/mol. The van der Waals surface area contributed by atoms with Crippen molar-refractivity contribution in [2.75, 3.05) is 6.61 Å². The highest BCUT2D eigenvalue weighted by molar-refractivity contribution is 6.33. The Bertz CT molecular complexity index is 1010. The van der Waals surface area contributed by atoms with Gasteiger partial charge in [-0.25, -0.2) is 4.79 Å². The van der Waals surface area contributed by atoms with Crippen LogP contribution >= 0.6 is 11.6 Å². The zero-order chi connectivity index (χ0) is 18.7. The molecule has 1 heterocycles. The van der Waals surface area contributed by atoms with Crippen LogP contribution in [0, 0.1) is 0 Å². The van der Waals surface area contributed by atoms with Gasteiger partial charge in [0.2, 0.25) is 5.43 Å². The Morgan fingerprint density at radius 3 is 2.69 bits per heavy atom. The van der Waals surface area contributed by atoms with Gasteiger partial charge in [0.05, 0.1) is 17.6 Å². The van der Waals surface area contributed by atoms with Crippen molar-refractivity contribution >= 4 is 28.5 Å². The molecule has 0 aliphatic heterocycles. The average molecular weight is 373 g/mol. The topological polar surface area (TPSA) is 65.7 Å². The van der Waals surface area contributed by atoms with E-state index in [1.54, 1.807) is 56.3 Å². The monoisotopic (exact) mass is 372 g/mol. The molecule has 0 radical (unpaired) electrons. The predicted molar refractivity (Wildman–Crippen MR) is 99.7 cm³/mol. The van der Waals surface area contributed by atoms with E-state index in [0.717, 1.165) is 0 Å². The molecule has 0 saturated heterocycles. The third kappa shape index (κ3) is 3.58. The molecule has 5 nitrogen and oxygen atoms in total. The van der Waals surface area contributed by atoms with E-state index >= 15 is 0 Å². The Morgan fingerprint density at radius 2 is 1.96 bits per heavy atom. The standard InChI is InChI=1S/C20H17ClO5/c1-3-24-20(23)12(2)26-13-8-9-15-18(10-13)25-11-16(19(15)22)14-6-4-5-7-17(14)21/h4-12H,3H2,1-2H3. The number of halogens is 1. The lowest BCUT2D eigenvalue weighted by Gasteiger charge is -2.13. The van der Waals surface area contributed by atoms with Crippen LogP contribution in [0.1, 0.15) is 13.8 Å². The number of carbonyl (C=O) groups excluding carboxylic acids is 1. The highest BCUT2D eigenvalue weighted by Gasteiger charge is 2.17. The van der Waals surface area contributed by atoms with Crippen LogP contribution in [0.4, 0.5) is 0 Å². The van der Waals surface area contributed by atoms with Gasteiger partial charge in [-0.15, -0.1) is 0 Å². The van der Waals surface area contributed by atoms with E-state index < -0.39 is 12.1 Å². The first-order chi connectivity index (χ1) is 12.5. The second kappa shape index (κ2) is 7.62. The van der Waals surface area contributed by atoms with E-state index in [2.05, 4.69) is 0 Å². The number of benzene rings is 2. The second-order valence-electron chi connectivity index (χ2n) is 5.63. The molecule has 26 heavy (non-hydrogen) atoms. The van der Waals surface area contributed by atoms with E-state index in [0.29, 0.717) is 32.9 Å². The summed E-state index contributed by atoms with van der Waals surface area (Å²) >= 11 is 6.18. The van der Waals surface area contributed by atoms with Crippen molar-refractivity contribution in [1.82, 2.24) is 0 Å². The summed E-state index contributed by atoms with van der Waals surface area (Å²) in [6.45, 7) is 3.61. The third-order valence-electron chi connectivity index (χ3n) is 3.84. The number of ether oxygens (including phenoxy) is 2. The van der Waals surface area contributed by atoms with Crippen molar-refractivity contribution in [3.63, 3.8) is 0 Å². The summed E-state index contributed by atoms with van der Waals surface area (Å²) in [5.41, 5.74) is 1.17. The van der Waals surface area contributed by atoms with E-state index in [-0.39, 0.29) is 12.0 Å². The molecule has 0 aliphatic carbocycles. The number of hydrogen-bond donors (Lipinski definition) is 0. The van der Waals surface area contributed by atoms with Crippen molar-refractivity contribution in [3.8, 4) is 16.9 Å². The fourth-order valence-electron chi connectivity index (χ4n) is 2.56. The Morgan fingerprint density at radius 1 is 1.19 bits per heavy atom. The molecule has 134 valence electrons. The van der Waals surface area contributed by atoms with Gasteiger partial charge in [0, 0.05) is 16.7 Å². The first kappa shape index (κ1) is 18.0. The zero-order valence-electron chi connectivity index (χ0n) is 14.3. The summed E-state index contributed by atoms with van der Waals surface area (Å²) in [6, 6.07) is 11.9. The Kier molecular flexibility index (Phi) is 5.28. The fraction of sp³-hybridized carbons (Fsp3) is 0.200. The molecule has 0 aliphatic rings. The minimum Gasteiger partial charge on any atom is -0.479 e. The van der Waals surface area contributed by atoms with Crippen molar-refractivity contribution in [1.29, 1.82) is 0 Å². The van der Waals surface area contributed by atoms with Gasteiger partial charge in [-0.1, -0.05) is 29.8 Å². The van der Waals surface area contributed by atoms with Crippen molar-refractivity contribution in [2.24, 2.45) is 0 Å². The largest absolute Gasteiger partial charge is 0.479 e. The molecule has 1 aromatic heterocycles. The third-order valence-corrected chi connectivity index (χ3v) is 4.17. The SMILES string of the molecule is CCOC(=O)C(C)Oc1ccc2c(=O)c(-c3ccccc3Cl)coc2c1. The van der Waals surface area contributed by atoms with E-state index in [4.69, 9.17) is 25.5 Å². The molecule has 3 aromatic rings. The van der Waals surface area contributed by atoms with Gasteiger partial charge in [0.25, 0.3) is 0 Å². The average Bonchev–Trinajstić information content (AvgIpc) is 2.63. The lowest BCUT2D eigenvalue weighted by Crippen LogP contribution is -2.26. The molecule has 0 bridgehead atoms. The molecule has 1 unspecified atom stereocenters. The first-order valence-corrected chi connectivity index (χ1v) is 8.52. The quantitative estimate of drug-likeness (QED) is 0.619. The van der Waals surface area contributed by atoms with Crippen LogP contribution in [0.25, 0.3) is 22.1 Å². The maximum Gasteiger partial charge on any atom is 0.347 e. The lowest BCUT2D eigenvalue weighted by molar-refractivity contribution is -0.150. The van der Waals surface area contributed by atoms with E-state index in [9.17, 15) is 9.59 Å². The summed E-state index contributed by atoms with van der Waals surface area (Å²) in [7, 11) is 0. The minimum absolute atomic E-state index is 0.190. The Hall–Kier alpha value is -2.79. The summed E-state index contributed by atoms with van der Waals surface area (Å²) in [4.78, 5) is 24.4. The maximum atomic E-state index is 12.8. The number of fused-ring (bicyclic) bond motifs is 1. The van der Waals surface area contributed by atoms with Crippen LogP contribution in [-0.2, 0) is 9.53 Å². The van der Waals surface area contributed by atoms with Crippen molar-refractivity contribution in [3.05, 3.63) is 64.0 Å². The summed E-state index contributed by atoms with van der Waals surface area (Å²) in [5, 5.41) is 0.876. The fourth-order valence-corrected chi connectivity index (χ4v) is 2.80. The minimum atomic E-state index is -0.762. The smallest absolute Gasteiger partial charge is 0.347 e. The van der Waals surface area contributed by atoms with E-state index in [1.165, 1.54) is 6.26 Å². The molecule has 0 saturated carbocycles. The second-order valence-corrected chi connectivity index (χ2v) is 6.04. The van der Waals surface area contributed by atoms with Crippen molar-refractivity contribution in [2.45, 2.75) is 20.0 Å². The normalized spacial score (nSPS) is 12.0. The summed E-state index contributed by atoms with van der Waals surface area (Å²) in [5.74, 6) is -0.0465. The van der Waals surface area contributed by atoms with Crippen LogP contribution in [0.2, 0.25) is 5.02 Å². The zero-order valence-corrected chi connectivity index (χ0v) is 15.1.